The van der Waals surface area contributed by atoms with E-state index in [1.165, 1.54) is 25.3 Å². The number of aliphatic imine (C=N–C) groups is 1. The molecule has 0 saturated carbocycles. The van der Waals surface area contributed by atoms with Crippen molar-refractivity contribution in [1.29, 1.82) is 5.26 Å². The van der Waals surface area contributed by atoms with Crippen molar-refractivity contribution < 1.29 is 18.3 Å². The minimum Gasteiger partial charge on any atom is -0.494 e. The Kier molecular flexibility index (Phi) is 6.83. The highest BCUT2D eigenvalue weighted by Crippen LogP contribution is 2.29. The van der Waals surface area contributed by atoms with E-state index < -0.39 is 11.6 Å². The summed E-state index contributed by atoms with van der Waals surface area (Å²) in [6.07, 6.45) is 6.02. The van der Waals surface area contributed by atoms with Crippen molar-refractivity contribution in [2.75, 3.05) is 20.2 Å². The molecule has 170 valence electrons. The van der Waals surface area contributed by atoms with Crippen molar-refractivity contribution in [1.82, 2.24) is 4.90 Å². The molecule has 5 nitrogen and oxygen atoms in total. The average Bonchev–Trinajstić information content (AvgIpc) is 3.27. The van der Waals surface area contributed by atoms with Gasteiger partial charge in [-0.2, -0.15) is 5.26 Å². The molecule has 2 aliphatic rings. The second-order valence-electron chi connectivity index (χ2n) is 8.32. The Balaban J connectivity index is 1.60. The van der Waals surface area contributed by atoms with Gasteiger partial charge in [-0.25, -0.2) is 13.8 Å². The van der Waals surface area contributed by atoms with E-state index in [-0.39, 0.29) is 23.1 Å². The van der Waals surface area contributed by atoms with Gasteiger partial charge in [0.15, 0.2) is 11.6 Å². The molecule has 0 aromatic heterocycles. The van der Waals surface area contributed by atoms with Crippen LogP contribution >= 0.6 is 0 Å². The maximum Gasteiger partial charge on any atom is 0.272 e. The maximum atomic E-state index is 14.3. The lowest BCUT2D eigenvalue weighted by atomic mass is 9.91. The number of hydrogen-bond donors (Lipinski definition) is 0. The third-order valence-electron chi connectivity index (χ3n) is 6.16. The van der Waals surface area contributed by atoms with Crippen LogP contribution in [-0.4, -0.2) is 36.7 Å². The summed E-state index contributed by atoms with van der Waals surface area (Å²) in [6, 6.07) is 11.0. The molecule has 1 amide bonds. The van der Waals surface area contributed by atoms with Gasteiger partial charge in [-0.3, -0.25) is 4.79 Å². The Morgan fingerprint density at radius 1 is 1.15 bits per heavy atom. The zero-order valence-electron chi connectivity index (χ0n) is 18.5. The smallest absolute Gasteiger partial charge is 0.272 e. The number of hydrogen-bond acceptors (Lipinski definition) is 4. The van der Waals surface area contributed by atoms with E-state index in [2.05, 4.69) is 4.99 Å². The maximum absolute atomic E-state index is 14.3. The number of halogens is 2. The molecule has 2 heterocycles. The highest BCUT2D eigenvalue weighted by atomic mass is 19.1. The van der Waals surface area contributed by atoms with Crippen molar-refractivity contribution >= 4 is 11.6 Å². The van der Waals surface area contributed by atoms with Crippen LogP contribution in [0.25, 0.3) is 0 Å². The quantitative estimate of drug-likeness (QED) is 0.637. The first-order chi connectivity index (χ1) is 16.0. The molecule has 1 atom stereocenters. The summed E-state index contributed by atoms with van der Waals surface area (Å²) in [5.41, 5.74) is 2.24. The predicted octanol–water partition coefficient (Wildman–Crippen LogP) is 4.79. The highest BCUT2D eigenvalue weighted by molar-refractivity contribution is 6.10. The molecular formula is C26H25F2N3O2. The summed E-state index contributed by atoms with van der Waals surface area (Å²) in [4.78, 5) is 19.5. The standard InChI is InChI=1S/C26H25F2N3O2/c1-33-24-10-6-17(13-22(24)28)5-7-19-15-23(26(32)31-11-3-2-4-12-31)30-25(19)18-8-9-20(16-29)21(27)14-18/h6,8-10,13-15,19H,2-5,7,11-12H2,1H3. The van der Waals surface area contributed by atoms with Gasteiger partial charge in [0.25, 0.3) is 5.91 Å². The Morgan fingerprint density at radius 2 is 1.94 bits per heavy atom. The zero-order valence-corrected chi connectivity index (χ0v) is 18.5. The zero-order chi connectivity index (χ0) is 23.4. The van der Waals surface area contributed by atoms with Crippen LogP contribution in [0.5, 0.6) is 5.75 Å². The number of ether oxygens (including phenoxy) is 1. The Hall–Kier alpha value is -3.53. The lowest BCUT2D eigenvalue weighted by molar-refractivity contribution is -0.128. The molecule has 0 aliphatic carbocycles. The van der Waals surface area contributed by atoms with Gasteiger partial charge in [0.05, 0.1) is 18.4 Å². The van der Waals surface area contributed by atoms with E-state index >= 15 is 0 Å². The van der Waals surface area contributed by atoms with Crippen LogP contribution < -0.4 is 4.74 Å². The number of benzene rings is 2. The third-order valence-corrected chi connectivity index (χ3v) is 6.16. The molecule has 1 unspecified atom stereocenters. The number of piperidine rings is 1. The van der Waals surface area contributed by atoms with Crippen molar-refractivity contribution in [2.24, 2.45) is 10.9 Å². The Labute approximate surface area is 192 Å². The molecule has 2 aromatic rings. The molecule has 1 fully saturated rings. The van der Waals surface area contributed by atoms with Gasteiger partial charge >= 0.3 is 0 Å². The summed E-state index contributed by atoms with van der Waals surface area (Å²) >= 11 is 0. The van der Waals surface area contributed by atoms with Crippen LogP contribution in [-0.2, 0) is 11.2 Å². The van der Waals surface area contributed by atoms with Gasteiger partial charge < -0.3 is 9.64 Å². The number of nitrogens with zero attached hydrogens (tertiary/aromatic N) is 3. The van der Waals surface area contributed by atoms with Crippen molar-refractivity contribution in [3.63, 3.8) is 0 Å². The van der Waals surface area contributed by atoms with Gasteiger partial charge in [0, 0.05) is 19.0 Å². The van der Waals surface area contributed by atoms with E-state index in [4.69, 9.17) is 10.00 Å². The lowest BCUT2D eigenvalue weighted by Gasteiger charge is -2.26. The summed E-state index contributed by atoms with van der Waals surface area (Å²) < 4.78 is 33.4. The fourth-order valence-electron chi connectivity index (χ4n) is 4.35. The van der Waals surface area contributed by atoms with Crippen LogP contribution in [0.4, 0.5) is 8.78 Å². The number of carbonyl (C=O) groups excluding carboxylic acids is 1. The number of rotatable bonds is 6. The number of allylic oxidation sites excluding steroid dienone is 1. The molecule has 0 spiro atoms. The molecule has 33 heavy (non-hydrogen) atoms. The number of carbonyl (C=O) groups is 1. The van der Waals surface area contributed by atoms with Gasteiger partial charge in [0.2, 0.25) is 0 Å². The Bertz CT molecular complexity index is 1160. The summed E-state index contributed by atoms with van der Waals surface area (Å²) in [5, 5.41) is 9.04. The second-order valence-corrected chi connectivity index (χ2v) is 8.32. The highest BCUT2D eigenvalue weighted by Gasteiger charge is 2.29. The van der Waals surface area contributed by atoms with Crippen molar-refractivity contribution in [2.45, 2.75) is 32.1 Å². The number of aryl methyl sites for hydroxylation is 1. The van der Waals surface area contributed by atoms with Crippen LogP contribution in [0.1, 0.15) is 42.4 Å². The predicted molar refractivity (Wildman–Crippen MR) is 121 cm³/mol. The Morgan fingerprint density at radius 3 is 2.61 bits per heavy atom. The summed E-state index contributed by atoms with van der Waals surface area (Å²) in [5.74, 6) is -1.21. The number of likely N-dealkylation sites (tertiary alicyclic amines) is 1. The number of amides is 1. The largest absolute Gasteiger partial charge is 0.494 e. The second kappa shape index (κ2) is 9.95. The monoisotopic (exact) mass is 449 g/mol. The first kappa shape index (κ1) is 22.7. The fraction of sp³-hybridized carbons (Fsp3) is 0.346. The molecule has 1 saturated heterocycles. The molecule has 0 bridgehead atoms. The average molecular weight is 450 g/mol. The lowest BCUT2D eigenvalue weighted by Crippen LogP contribution is -2.36. The van der Waals surface area contributed by atoms with Crippen LogP contribution in [0.15, 0.2) is 53.2 Å². The van der Waals surface area contributed by atoms with E-state index in [0.717, 1.165) is 24.8 Å². The summed E-state index contributed by atoms with van der Waals surface area (Å²) in [6.45, 7) is 1.42. The number of nitriles is 1. The molecule has 4 rings (SSSR count). The van der Waals surface area contributed by atoms with Gasteiger partial charge in [-0.1, -0.05) is 12.1 Å². The van der Waals surface area contributed by atoms with E-state index in [1.54, 1.807) is 18.2 Å². The van der Waals surface area contributed by atoms with E-state index in [0.29, 0.717) is 42.9 Å². The normalized spacial score (nSPS) is 17.9. The van der Waals surface area contributed by atoms with Gasteiger partial charge in [-0.05, 0) is 73.6 Å². The van der Waals surface area contributed by atoms with Crippen LogP contribution in [0.2, 0.25) is 0 Å². The van der Waals surface area contributed by atoms with Crippen molar-refractivity contribution in [3.8, 4) is 11.8 Å². The fourth-order valence-corrected chi connectivity index (χ4v) is 4.35. The first-order valence-electron chi connectivity index (χ1n) is 11.1. The molecule has 2 aliphatic heterocycles. The third kappa shape index (κ3) is 4.95. The van der Waals surface area contributed by atoms with Crippen LogP contribution in [0.3, 0.4) is 0 Å². The van der Waals surface area contributed by atoms with Gasteiger partial charge in [0.1, 0.15) is 17.6 Å². The van der Waals surface area contributed by atoms with E-state index in [1.807, 2.05) is 17.0 Å². The number of methoxy groups -OCH3 is 1. The summed E-state index contributed by atoms with van der Waals surface area (Å²) in [7, 11) is 1.42. The van der Waals surface area contributed by atoms with Gasteiger partial charge in [-0.15, -0.1) is 0 Å². The SMILES string of the molecule is COc1ccc(CCC2C=C(C(=O)N3CCCCC3)N=C2c2ccc(C#N)c(F)c2)cc1F. The molecule has 0 radical (unpaired) electrons. The molecular weight excluding hydrogens is 424 g/mol. The minimum absolute atomic E-state index is 0.0415. The minimum atomic E-state index is -0.621. The first-order valence-corrected chi connectivity index (χ1v) is 11.1. The van der Waals surface area contributed by atoms with Crippen LogP contribution in [0, 0.1) is 28.9 Å². The molecule has 0 N–H and O–H groups in total. The molecule has 7 heteroatoms. The van der Waals surface area contributed by atoms with E-state index in [9.17, 15) is 13.6 Å². The molecule has 2 aromatic carbocycles. The van der Waals surface area contributed by atoms with Crippen molar-refractivity contribution in [3.05, 3.63) is 76.5 Å². The topological polar surface area (TPSA) is 65.7 Å².